The van der Waals surface area contributed by atoms with Crippen molar-refractivity contribution >= 4 is 21.6 Å². The van der Waals surface area contributed by atoms with E-state index in [0.717, 1.165) is 0 Å². The molecule has 0 heterocycles. The minimum absolute atomic E-state index is 0.328. The van der Waals surface area contributed by atoms with Gasteiger partial charge in [0.15, 0.2) is 0 Å². The second-order valence-corrected chi connectivity index (χ2v) is 6.48. The molecule has 130 valence electrons. The molecule has 0 saturated heterocycles. The number of alkyl halides is 6. The van der Waals surface area contributed by atoms with Gasteiger partial charge >= 0.3 is 12.7 Å². The van der Waals surface area contributed by atoms with Crippen LogP contribution in [0.3, 0.4) is 0 Å². The monoisotopic (exact) mass is 386 g/mol. The van der Waals surface area contributed by atoms with Crippen LogP contribution in [0.15, 0.2) is 58.3 Å². The molecule has 0 radical (unpaired) electrons. The quantitative estimate of drug-likeness (QED) is 0.444. The van der Waals surface area contributed by atoms with E-state index in [2.05, 4.69) is 9.47 Å². The van der Waals surface area contributed by atoms with Crippen LogP contribution in [-0.2, 0) is 0 Å². The van der Waals surface area contributed by atoms with Crippen molar-refractivity contribution in [3.05, 3.63) is 48.5 Å². The summed E-state index contributed by atoms with van der Waals surface area (Å²) in [5.74, 6) is -0.656. The standard InChI is InChI=1S/C14H8F6O2S2/c15-13(16,17)21-9-1-5-11(6-2-9)23-24-12-7-3-10(4-8-12)22-14(18,19)20/h1-8H. The third-order valence-corrected chi connectivity index (χ3v) is 4.77. The molecule has 0 aliphatic carbocycles. The maximum Gasteiger partial charge on any atom is 0.573 e. The molecule has 2 nitrogen and oxygen atoms in total. The van der Waals surface area contributed by atoms with Crippen LogP contribution >= 0.6 is 21.6 Å². The Balaban J connectivity index is 1.89. The molecule has 0 aliphatic heterocycles. The summed E-state index contributed by atoms with van der Waals surface area (Å²) in [7, 11) is 2.47. The number of hydrogen-bond donors (Lipinski definition) is 0. The summed E-state index contributed by atoms with van der Waals surface area (Å²) < 4.78 is 79.7. The molecule has 0 N–H and O–H groups in total. The minimum Gasteiger partial charge on any atom is -0.406 e. The summed E-state index contributed by atoms with van der Waals surface area (Å²) in [6.07, 6.45) is -9.49. The lowest BCUT2D eigenvalue weighted by molar-refractivity contribution is -0.275. The lowest BCUT2D eigenvalue weighted by Crippen LogP contribution is -2.16. The van der Waals surface area contributed by atoms with Gasteiger partial charge in [0.05, 0.1) is 0 Å². The van der Waals surface area contributed by atoms with Gasteiger partial charge in [-0.1, -0.05) is 21.6 Å². The normalized spacial score (nSPS) is 12.1. The molecular formula is C14H8F6O2S2. The number of benzene rings is 2. The zero-order valence-electron chi connectivity index (χ0n) is 11.5. The SMILES string of the molecule is FC(F)(F)Oc1ccc(SSc2ccc(OC(F)(F)F)cc2)cc1. The fraction of sp³-hybridized carbons (Fsp3) is 0.143. The van der Waals surface area contributed by atoms with Crippen LogP contribution in [0.5, 0.6) is 11.5 Å². The zero-order valence-corrected chi connectivity index (χ0v) is 13.2. The third kappa shape index (κ3) is 6.83. The van der Waals surface area contributed by atoms with Crippen molar-refractivity contribution in [1.82, 2.24) is 0 Å². The van der Waals surface area contributed by atoms with Crippen LogP contribution in [-0.4, -0.2) is 12.7 Å². The molecule has 2 aromatic rings. The van der Waals surface area contributed by atoms with E-state index in [1.165, 1.54) is 70.1 Å². The van der Waals surface area contributed by atoms with Crippen molar-refractivity contribution in [2.75, 3.05) is 0 Å². The van der Waals surface area contributed by atoms with Crippen LogP contribution in [0.2, 0.25) is 0 Å². The molecule has 0 unspecified atom stereocenters. The number of hydrogen-bond acceptors (Lipinski definition) is 4. The third-order valence-electron chi connectivity index (χ3n) is 2.35. The van der Waals surface area contributed by atoms with Gasteiger partial charge < -0.3 is 9.47 Å². The zero-order chi connectivity index (χ0) is 17.8. The Kier molecular flexibility index (Phi) is 5.81. The first-order valence-electron chi connectivity index (χ1n) is 6.17. The van der Waals surface area contributed by atoms with E-state index in [4.69, 9.17) is 0 Å². The van der Waals surface area contributed by atoms with Crippen molar-refractivity contribution in [1.29, 1.82) is 0 Å². The maximum atomic E-state index is 12.0. The maximum absolute atomic E-state index is 12.0. The average Bonchev–Trinajstić information content (AvgIpc) is 2.45. The molecule has 0 spiro atoms. The smallest absolute Gasteiger partial charge is 0.406 e. The largest absolute Gasteiger partial charge is 0.573 e. The van der Waals surface area contributed by atoms with Gasteiger partial charge in [0, 0.05) is 9.79 Å². The Labute approximate surface area is 140 Å². The summed E-state index contributed by atoms with van der Waals surface area (Å²) in [6.45, 7) is 0. The van der Waals surface area contributed by atoms with Crippen LogP contribution in [0.4, 0.5) is 26.3 Å². The van der Waals surface area contributed by atoms with Gasteiger partial charge in [0.1, 0.15) is 11.5 Å². The molecule has 0 aliphatic rings. The Morgan fingerprint density at radius 2 is 0.833 bits per heavy atom. The topological polar surface area (TPSA) is 18.5 Å². The fourth-order valence-electron chi connectivity index (χ4n) is 1.49. The van der Waals surface area contributed by atoms with Gasteiger partial charge in [0.2, 0.25) is 0 Å². The van der Waals surface area contributed by atoms with Gasteiger partial charge in [-0.2, -0.15) is 0 Å². The highest BCUT2D eigenvalue weighted by Crippen LogP contribution is 2.39. The summed E-state index contributed by atoms with van der Waals surface area (Å²) in [5.41, 5.74) is 0. The molecule has 10 heteroatoms. The number of ether oxygens (including phenoxy) is 2. The van der Waals surface area contributed by atoms with Gasteiger partial charge in [-0.25, -0.2) is 0 Å². The molecule has 0 atom stereocenters. The Hall–Kier alpha value is -1.68. The fourth-order valence-corrected chi connectivity index (χ4v) is 3.42. The van der Waals surface area contributed by atoms with E-state index < -0.39 is 12.7 Å². The van der Waals surface area contributed by atoms with E-state index >= 15 is 0 Å². The molecule has 0 fully saturated rings. The van der Waals surface area contributed by atoms with Crippen molar-refractivity contribution < 1.29 is 35.8 Å². The Morgan fingerprint density at radius 1 is 0.542 bits per heavy atom. The van der Waals surface area contributed by atoms with Gasteiger partial charge in [-0.3, -0.25) is 0 Å². The lowest BCUT2D eigenvalue weighted by atomic mass is 10.3. The van der Waals surface area contributed by atoms with Crippen molar-refractivity contribution in [2.24, 2.45) is 0 Å². The minimum atomic E-state index is -4.75. The van der Waals surface area contributed by atoms with Gasteiger partial charge in [0.25, 0.3) is 0 Å². The second-order valence-electron chi connectivity index (χ2n) is 4.21. The molecular weight excluding hydrogens is 378 g/mol. The molecule has 0 amide bonds. The lowest BCUT2D eigenvalue weighted by Gasteiger charge is -2.10. The Bertz CT molecular complexity index is 593. The molecule has 0 saturated carbocycles. The van der Waals surface area contributed by atoms with Crippen LogP contribution in [0, 0.1) is 0 Å². The predicted molar refractivity (Wildman–Crippen MR) is 78.0 cm³/mol. The van der Waals surface area contributed by atoms with E-state index in [1.807, 2.05) is 0 Å². The van der Waals surface area contributed by atoms with Crippen LogP contribution in [0.1, 0.15) is 0 Å². The summed E-state index contributed by atoms with van der Waals surface area (Å²) in [4.78, 5) is 1.32. The molecule has 2 aromatic carbocycles. The van der Waals surface area contributed by atoms with Gasteiger partial charge in [-0.05, 0) is 48.5 Å². The van der Waals surface area contributed by atoms with E-state index in [0.29, 0.717) is 9.79 Å². The summed E-state index contributed by atoms with van der Waals surface area (Å²) >= 11 is 0. The van der Waals surface area contributed by atoms with E-state index in [1.54, 1.807) is 0 Å². The molecule has 0 bridgehead atoms. The highest BCUT2D eigenvalue weighted by atomic mass is 33.1. The molecule has 2 rings (SSSR count). The van der Waals surface area contributed by atoms with Crippen LogP contribution < -0.4 is 9.47 Å². The highest BCUT2D eigenvalue weighted by Gasteiger charge is 2.31. The average molecular weight is 386 g/mol. The van der Waals surface area contributed by atoms with E-state index in [-0.39, 0.29) is 11.5 Å². The van der Waals surface area contributed by atoms with Crippen LogP contribution in [0.25, 0.3) is 0 Å². The van der Waals surface area contributed by atoms with Crippen molar-refractivity contribution in [2.45, 2.75) is 22.5 Å². The van der Waals surface area contributed by atoms with E-state index in [9.17, 15) is 26.3 Å². The first kappa shape index (κ1) is 18.7. The van der Waals surface area contributed by atoms with Crippen molar-refractivity contribution in [3.8, 4) is 11.5 Å². The second kappa shape index (κ2) is 7.47. The molecule has 0 aromatic heterocycles. The first-order valence-corrected chi connectivity index (χ1v) is 8.32. The summed E-state index contributed by atoms with van der Waals surface area (Å²) in [5, 5.41) is 0. The number of rotatable bonds is 5. The molecule has 24 heavy (non-hydrogen) atoms. The first-order chi connectivity index (χ1) is 11.1. The summed E-state index contributed by atoms with van der Waals surface area (Å²) in [6, 6.07) is 10.5. The predicted octanol–water partition coefficient (Wildman–Crippen LogP) is 6.28. The highest BCUT2D eigenvalue weighted by molar-refractivity contribution is 8.76. The van der Waals surface area contributed by atoms with Gasteiger partial charge in [-0.15, -0.1) is 26.3 Å². The van der Waals surface area contributed by atoms with Crippen molar-refractivity contribution in [3.63, 3.8) is 0 Å². The Morgan fingerprint density at radius 3 is 1.08 bits per heavy atom. The number of halogens is 6.